The van der Waals surface area contributed by atoms with E-state index in [0.717, 1.165) is 16.9 Å². The van der Waals surface area contributed by atoms with E-state index >= 15 is 0 Å². The van der Waals surface area contributed by atoms with Crippen LogP contribution in [0.1, 0.15) is 27.7 Å². The summed E-state index contributed by atoms with van der Waals surface area (Å²) in [6.45, 7) is 0. The molecule has 0 aliphatic heterocycles. The molecule has 3 rings (SSSR count). The molecule has 116 valence electrons. The number of pyridine rings is 1. The fraction of sp³-hybridized carbons (Fsp3) is 0.111. The predicted octanol–water partition coefficient (Wildman–Crippen LogP) is 2.94. The van der Waals surface area contributed by atoms with Gasteiger partial charge in [-0.2, -0.15) is 0 Å². The van der Waals surface area contributed by atoms with E-state index in [1.807, 2.05) is 36.4 Å². The van der Waals surface area contributed by atoms with Gasteiger partial charge >= 0.3 is 0 Å². The highest BCUT2D eigenvalue weighted by molar-refractivity contribution is 5.92. The highest BCUT2D eigenvalue weighted by Gasteiger charge is 2.18. The van der Waals surface area contributed by atoms with Gasteiger partial charge in [-0.05, 0) is 47.5 Å². The molecule has 0 saturated carbocycles. The fourth-order valence-electron chi connectivity index (χ4n) is 2.39. The van der Waals surface area contributed by atoms with Crippen molar-refractivity contribution in [1.82, 2.24) is 15.3 Å². The van der Waals surface area contributed by atoms with Crippen molar-refractivity contribution in [2.24, 2.45) is 0 Å². The summed E-state index contributed by atoms with van der Waals surface area (Å²) in [5.41, 5.74) is 2.46. The Morgan fingerprint density at radius 3 is 2.39 bits per heavy atom. The third kappa shape index (κ3) is 3.40. The van der Waals surface area contributed by atoms with Crippen molar-refractivity contribution >= 4 is 5.91 Å². The average molecular weight is 307 g/mol. The van der Waals surface area contributed by atoms with Gasteiger partial charge in [0.1, 0.15) is 11.4 Å². The first-order valence-corrected chi connectivity index (χ1v) is 7.26. The molecule has 1 amide bonds. The van der Waals surface area contributed by atoms with Crippen molar-refractivity contribution in [3.8, 4) is 5.75 Å². The van der Waals surface area contributed by atoms with Gasteiger partial charge in [-0.25, -0.2) is 0 Å². The smallest absolute Gasteiger partial charge is 0.268 e. The van der Waals surface area contributed by atoms with Gasteiger partial charge in [0.2, 0.25) is 0 Å². The number of amides is 1. The number of methoxy groups -OCH3 is 1. The molecule has 0 fully saturated rings. The van der Waals surface area contributed by atoms with Crippen LogP contribution in [0.2, 0.25) is 0 Å². The van der Waals surface area contributed by atoms with E-state index in [2.05, 4.69) is 15.3 Å². The summed E-state index contributed by atoms with van der Waals surface area (Å²) in [6, 6.07) is 14.7. The number of aromatic amines is 1. The summed E-state index contributed by atoms with van der Waals surface area (Å²) in [5.74, 6) is 0.616. The Bertz CT molecular complexity index is 753. The maximum absolute atomic E-state index is 12.4. The molecule has 3 aromatic rings. The van der Waals surface area contributed by atoms with E-state index in [4.69, 9.17) is 4.74 Å². The summed E-state index contributed by atoms with van der Waals surface area (Å²) in [6.07, 6.45) is 5.16. The zero-order valence-corrected chi connectivity index (χ0v) is 12.7. The SMILES string of the molecule is COc1ccc([C@H](NC(=O)c2ccc[nH]2)c2ccncc2)cc1. The van der Waals surface area contributed by atoms with E-state index in [9.17, 15) is 4.79 Å². The minimum absolute atomic E-state index is 0.160. The fourth-order valence-corrected chi connectivity index (χ4v) is 2.39. The molecular formula is C18H17N3O2. The van der Waals surface area contributed by atoms with E-state index in [-0.39, 0.29) is 11.9 Å². The first-order valence-electron chi connectivity index (χ1n) is 7.26. The Kier molecular flexibility index (Phi) is 4.38. The molecule has 5 heteroatoms. The van der Waals surface area contributed by atoms with Crippen LogP contribution in [0.15, 0.2) is 67.1 Å². The van der Waals surface area contributed by atoms with E-state index in [1.54, 1.807) is 37.8 Å². The Hall–Kier alpha value is -3.08. The molecule has 0 bridgehead atoms. The number of rotatable bonds is 5. The predicted molar refractivity (Wildman–Crippen MR) is 87.3 cm³/mol. The average Bonchev–Trinajstić information content (AvgIpc) is 3.15. The Balaban J connectivity index is 1.91. The third-order valence-electron chi connectivity index (χ3n) is 3.61. The molecule has 0 aliphatic rings. The molecular weight excluding hydrogens is 290 g/mol. The largest absolute Gasteiger partial charge is 0.497 e. The molecule has 23 heavy (non-hydrogen) atoms. The van der Waals surface area contributed by atoms with Crippen molar-refractivity contribution in [1.29, 1.82) is 0 Å². The number of carbonyl (C=O) groups excluding carboxylic acids is 1. The van der Waals surface area contributed by atoms with Crippen LogP contribution in [-0.4, -0.2) is 23.0 Å². The second-order valence-corrected chi connectivity index (χ2v) is 5.04. The van der Waals surface area contributed by atoms with Crippen LogP contribution in [0, 0.1) is 0 Å². The molecule has 2 N–H and O–H groups in total. The van der Waals surface area contributed by atoms with Gasteiger partial charge in [0.25, 0.3) is 5.91 Å². The highest BCUT2D eigenvalue weighted by Crippen LogP contribution is 2.24. The Labute approximate surface area is 134 Å². The number of benzene rings is 1. The van der Waals surface area contributed by atoms with Gasteiger partial charge in [-0.15, -0.1) is 0 Å². The van der Waals surface area contributed by atoms with E-state index in [0.29, 0.717) is 5.69 Å². The molecule has 0 unspecified atom stereocenters. The number of nitrogens with zero attached hydrogens (tertiary/aromatic N) is 1. The molecule has 0 radical (unpaired) electrons. The normalized spacial score (nSPS) is 11.7. The maximum Gasteiger partial charge on any atom is 0.268 e. The number of H-pyrrole nitrogens is 1. The first kappa shape index (κ1) is 14.8. The van der Waals surface area contributed by atoms with Crippen molar-refractivity contribution in [3.05, 3.63) is 83.9 Å². The van der Waals surface area contributed by atoms with Gasteiger partial charge in [0, 0.05) is 18.6 Å². The topological polar surface area (TPSA) is 67.0 Å². The van der Waals surface area contributed by atoms with Crippen LogP contribution in [0.25, 0.3) is 0 Å². The number of aromatic nitrogens is 2. The van der Waals surface area contributed by atoms with Crippen LogP contribution in [0.5, 0.6) is 5.75 Å². The minimum Gasteiger partial charge on any atom is -0.497 e. The van der Waals surface area contributed by atoms with Crippen molar-refractivity contribution in [3.63, 3.8) is 0 Å². The summed E-state index contributed by atoms with van der Waals surface area (Å²) >= 11 is 0. The summed E-state index contributed by atoms with van der Waals surface area (Å²) in [7, 11) is 1.63. The van der Waals surface area contributed by atoms with E-state index in [1.165, 1.54) is 0 Å². The molecule has 0 spiro atoms. The van der Waals surface area contributed by atoms with Gasteiger partial charge in [-0.3, -0.25) is 9.78 Å². The molecule has 5 nitrogen and oxygen atoms in total. The second kappa shape index (κ2) is 6.79. The number of ether oxygens (including phenoxy) is 1. The van der Waals surface area contributed by atoms with Crippen molar-refractivity contribution < 1.29 is 9.53 Å². The molecule has 1 aromatic carbocycles. The summed E-state index contributed by atoms with van der Waals surface area (Å²) in [5, 5.41) is 3.05. The zero-order valence-electron chi connectivity index (χ0n) is 12.7. The van der Waals surface area contributed by atoms with Crippen LogP contribution in [0.4, 0.5) is 0 Å². The molecule has 2 heterocycles. The lowest BCUT2D eigenvalue weighted by molar-refractivity contribution is 0.0938. The van der Waals surface area contributed by atoms with E-state index < -0.39 is 0 Å². The van der Waals surface area contributed by atoms with Crippen LogP contribution in [-0.2, 0) is 0 Å². The lowest BCUT2D eigenvalue weighted by Gasteiger charge is -2.19. The lowest BCUT2D eigenvalue weighted by Crippen LogP contribution is -2.29. The number of hydrogen-bond acceptors (Lipinski definition) is 3. The quantitative estimate of drug-likeness (QED) is 0.761. The van der Waals surface area contributed by atoms with Gasteiger partial charge in [-0.1, -0.05) is 12.1 Å². The summed E-state index contributed by atoms with van der Waals surface area (Å²) < 4.78 is 5.19. The first-order chi connectivity index (χ1) is 11.3. The summed E-state index contributed by atoms with van der Waals surface area (Å²) in [4.78, 5) is 19.4. The van der Waals surface area contributed by atoms with Crippen LogP contribution < -0.4 is 10.1 Å². The minimum atomic E-state index is -0.264. The van der Waals surface area contributed by atoms with Crippen molar-refractivity contribution in [2.45, 2.75) is 6.04 Å². The number of hydrogen-bond donors (Lipinski definition) is 2. The lowest BCUT2D eigenvalue weighted by atomic mass is 9.99. The standard InChI is InChI=1S/C18H17N3O2/c1-23-15-6-4-13(5-7-15)17(14-8-11-19-12-9-14)21-18(22)16-3-2-10-20-16/h2-12,17,20H,1H3,(H,21,22)/t17-/m0/s1. The van der Waals surface area contributed by atoms with Gasteiger partial charge in [0.15, 0.2) is 0 Å². The van der Waals surface area contributed by atoms with Crippen molar-refractivity contribution in [2.75, 3.05) is 7.11 Å². The number of carbonyl (C=O) groups is 1. The van der Waals surface area contributed by atoms with Gasteiger partial charge in [0.05, 0.1) is 13.2 Å². The number of nitrogens with one attached hydrogen (secondary N) is 2. The van der Waals surface area contributed by atoms with Crippen LogP contribution >= 0.6 is 0 Å². The van der Waals surface area contributed by atoms with Gasteiger partial charge < -0.3 is 15.0 Å². The van der Waals surface area contributed by atoms with Crippen LogP contribution in [0.3, 0.4) is 0 Å². The second-order valence-electron chi connectivity index (χ2n) is 5.04. The molecule has 0 saturated heterocycles. The zero-order chi connectivity index (χ0) is 16.1. The molecule has 2 aromatic heterocycles. The maximum atomic E-state index is 12.4. The third-order valence-corrected chi connectivity index (χ3v) is 3.61. The molecule has 0 aliphatic carbocycles. The Morgan fingerprint density at radius 2 is 1.78 bits per heavy atom. The molecule has 1 atom stereocenters. The monoisotopic (exact) mass is 307 g/mol. The highest BCUT2D eigenvalue weighted by atomic mass is 16.5. The Morgan fingerprint density at radius 1 is 1.09 bits per heavy atom.